The van der Waals surface area contributed by atoms with E-state index in [0.29, 0.717) is 0 Å². The molecule has 30 heavy (non-hydrogen) atoms. The Hall–Kier alpha value is -3.13. The Morgan fingerprint density at radius 2 is 1.20 bits per heavy atom. The maximum absolute atomic E-state index is 4.97. The van der Waals surface area contributed by atoms with Gasteiger partial charge in [0.15, 0.2) is 0 Å². The third-order valence-corrected chi connectivity index (χ3v) is 5.69. The van der Waals surface area contributed by atoms with Crippen LogP contribution in [0.4, 0.5) is 0 Å². The average molecular weight is 395 g/mol. The summed E-state index contributed by atoms with van der Waals surface area (Å²) in [6.07, 6.45) is 6.14. The van der Waals surface area contributed by atoms with Crippen molar-refractivity contribution in [2.75, 3.05) is 0 Å². The molecule has 0 N–H and O–H groups in total. The predicted octanol–water partition coefficient (Wildman–Crippen LogP) is 7.33. The highest BCUT2D eigenvalue weighted by atomic mass is 15.1. The summed E-state index contributed by atoms with van der Waals surface area (Å²) in [5, 5.41) is 0. The largest absolute Gasteiger partial charge is 0.328 e. The van der Waals surface area contributed by atoms with Crippen LogP contribution in [-0.2, 0) is 13.0 Å². The standard InChI is InChI=1S/C28H30N2/c1-23-29-27(25-18-10-5-11-19-25)28(26-20-12-6-13-21-26)30(23)22-14-3-2-7-15-24-16-8-4-9-17-24/h4-6,8-13,16-21H,2-3,7,14-15,22H2,1H3. The van der Waals surface area contributed by atoms with E-state index in [-0.39, 0.29) is 0 Å². The van der Waals surface area contributed by atoms with E-state index in [4.69, 9.17) is 4.98 Å². The molecule has 0 aliphatic rings. The SMILES string of the molecule is Cc1nc(-c2ccccc2)c(-c2ccccc2)n1CCCCCCc1ccccc1. The van der Waals surface area contributed by atoms with E-state index in [9.17, 15) is 0 Å². The molecule has 4 rings (SSSR count). The number of nitrogens with zero attached hydrogens (tertiary/aromatic N) is 2. The van der Waals surface area contributed by atoms with Crippen molar-refractivity contribution < 1.29 is 0 Å². The number of hydrogen-bond acceptors (Lipinski definition) is 1. The molecule has 0 unspecified atom stereocenters. The quantitative estimate of drug-likeness (QED) is 0.272. The van der Waals surface area contributed by atoms with Crippen LogP contribution in [0.1, 0.15) is 37.1 Å². The molecule has 2 nitrogen and oxygen atoms in total. The Morgan fingerprint density at radius 3 is 1.87 bits per heavy atom. The van der Waals surface area contributed by atoms with Crippen molar-refractivity contribution in [3.63, 3.8) is 0 Å². The second-order valence-corrected chi connectivity index (χ2v) is 7.89. The highest BCUT2D eigenvalue weighted by Crippen LogP contribution is 2.33. The minimum atomic E-state index is 1.02. The normalized spacial score (nSPS) is 11.0. The zero-order valence-electron chi connectivity index (χ0n) is 17.8. The molecule has 0 radical (unpaired) electrons. The van der Waals surface area contributed by atoms with Gasteiger partial charge in [-0.1, -0.05) is 104 Å². The molecule has 0 bridgehead atoms. The number of hydrogen-bond donors (Lipinski definition) is 0. The van der Waals surface area contributed by atoms with E-state index in [1.54, 1.807) is 0 Å². The Kier molecular flexibility index (Phi) is 6.76. The summed E-state index contributed by atoms with van der Waals surface area (Å²) in [4.78, 5) is 4.97. The zero-order valence-corrected chi connectivity index (χ0v) is 17.8. The first-order valence-corrected chi connectivity index (χ1v) is 11.0. The minimum absolute atomic E-state index is 1.02. The van der Waals surface area contributed by atoms with E-state index >= 15 is 0 Å². The summed E-state index contributed by atoms with van der Waals surface area (Å²) >= 11 is 0. The van der Waals surface area contributed by atoms with Crippen LogP contribution in [0.2, 0.25) is 0 Å². The van der Waals surface area contributed by atoms with Gasteiger partial charge < -0.3 is 4.57 Å². The third-order valence-electron chi connectivity index (χ3n) is 5.69. The monoisotopic (exact) mass is 394 g/mol. The van der Waals surface area contributed by atoms with Gasteiger partial charge in [-0.25, -0.2) is 4.98 Å². The Morgan fingerprint density at radius 1 is 0.633 bits per heavy atom. The van der Waals surface area contributed by atoms with Crippen LogP contribution < -0.4 is 0 Å². The fourth-order valence-corrected chi connectivity index (χ4v) is 4.12. The highest BCUT2D eigenvalue weighted by Gasteiger charge is 2.17. The smallest absolute Gasteiger partial charge is 0.106 e. The molecule has 4 aromatic rings. The number of unbranched alkanes of at least 4 members (excludes halogenated alkanes) is 3. The molecule has 0 aliphatic heterocycles. The van der Waals surface area contributed by atoms with E-state index in [2.05, 4.69) is 102 Å². The van der Waals surface area contributed by atoms with Gasteiger partial charge in [-0.05, 0) is 31.7 Å². The van der Waals surface area contributed by atoms with Crippen molar-refractivity contribution >= 4 is 0 Å². The highest BCUT2D eigenvalue weighted by molar-refractivity contribution is 5.79. The van der Waals surface area contributed by atoms with Gasteiger partial charge in [0.1, 0.15) is 5.82 Å². The van der Waals surface area contributed by atoms with Gasteiger partial charge in [0, 0.05) is 17.7 Å². The molecule has 0 saturated heterocycles. The van der Waals surface area contributed by atoms with E-state index in [1.165, 1.54) is 54.5 Å². The summed E-state index contributed by atoms with van der Waals surface area (Å²) < 4.78 is 2.41. The van der Waals surface area contributed by atoms with Gasteiger partial charge in [-0.15, -0.1) is 0 Å². The van der Waals surface area contributed by atoms with Crippen molar-refractivity contribution in [1.82, 2.24) is 9.55 Å². The molecule has 0 saturated carbocycles. The molecule has 152 valence electrons. The molecule has 0 spiro atoms. The van der Waals surface area contributed by atoms with Gasteiger partial charge in [-0.3, -0.25) is 0 Å². The van der Waals surface area contributed by atoms with Gasteiger partial charge in [0.05, 0.1) is 11.4 Å². The Balaban J connectivity index is 1.45. The predicted molar refractivity (Wildman–Crippen MR) is 126 cm³/mol. The van der Waals surface area contributed by atoms with Crippen molar-refractivity contribution in [2.45, 2.75) is 45.6 Å². The van der Waals surface area contributed by atoms with Gasteiger partial charge in [0.2, 0.25) is 0 Å². The molecule has 0 fully saturated rings. The summed E-state index contributed by atoms with van der Waals surface area (Å²) in [5.41, 5.74) is 6.19. The van der Waals surface area contributed by atoms with Crippen LogP contribution in [0, 0.1) is 6.92 Å². The molecular formula is C28H30N2. The van der Waals surface area contributed by atoms with Crippen LogP contribution in [0.3, 0.4) is 0 Å². The first-order valence-electron chi connectivity index (χ1n) is 11.0. The number of rotatable bonds is 9. The topological polar surface area (TPSA) is 17.8 Å². The van der Waals surface area contributed by atoms with Crippen molar-refractivity contribution in [1.29, 1.82) is 0 Å². The number of imidazole rings is 1. The fraction of sp³-hybridized carbons (Fsp3) is 0.250. The van der Waals surface area contributed by atoms with E-state index < -0.39 is 0 Å². The molecule has 0 atom stereocenters. The first-order chi connectivity index (χ1) is 14.8. The summed E-state index contributed by atoms with van der Waals surface area (Å²) in [6.45, 7) is 3.15. The van der Waals surface area contributed by atoms with Crippen LogP contribution in [0.15, 0.2) is 91.0 Å². The third kappa shape index (κ3) is 4.88. The molecule has 3 aromatic carbocycles. The van der Waals surface area contributed by atoms with Crippen LogP contribution >= 0.6 is 0 Å². The van der Waals surface area contributed by atoms with E-state index in [1.807, 2.05) is 0 Å². The lowest BCUT2D eigenvalue weighted by atomic mass is 10.0. The van der Waals surface area contributed by atoms with Crippen LogP contribution in [-0.4, -0.2) is 9.55 Å². The molecule has 2 heteroatoms. The molecule has 1 heterocycles. The summed E-state index contributed by atoms with van der Waals surface area (Å²) in [6, 6.07) is 32.0. The second-order valence-electron chi connectivity index (χ2n) is 7.89. The van der Waals surface area contributed by atoms with Gasteiger partial charge in [0.25, 0.3) is 0 Å². The van der Waals surface area contributed by atoms with E-state index in [0.717, 1.165) is 18.1 Å². The van der Waals surface area contributed by atoms with Gasteiger partial charge in [-0.2, -0.15) is 0 Å². The summed E-state index contributed by atoms with van der Waals surface area (Å²) in [7, 11) is 0. The van der Waals surface area contributed by atoms with Crippen molar-refractivity contribution in [3.05, 3.63) is 102 Å². The lowest BCUT2D eigenvalue weighted by molar-refractivity contribution is 0.566. The molecule has 0 amide bonds. The maximum Gasteiger partial charge on any atom is 0.106 e. The zero-order chi connectivity index (χ0) is 20.6. The number of aryl methyl sites for hydroxylation is 2. The Labute approximate surface area is 180 Å². The van der Waals surface area contributed by atoms with Crippen molar-refractivity contribution in [2.24, 2.45) is 0 Å². The lowest BCUT2D eigenvalue weighted by Gasteiger charge is -2.12. The second kappa shape index (κ2) is 10.1. The first kappa shape index (κ1) is 20.2. The number of aromatic nitrogens is 2. The fourth-order valence-electron chi connectivity index (χ4n) is 4.12. The van der Waals surface area contributed by atoms with Crippen LogP contribution in [0.5, 0.6) is 0 Å². The lowest BCUT2D eigenvalue weighted by Crippen LogP contribution is -2.03. The van der Waals surface area contributed by atoms with Crippen molar-refractivity contribution in [3.8, 4) is 22.5 Å². The average Bonchev–Trinajstić information content (AvgIpc) is 3.14. The minimum Gasteiger partial charge on any atom is -0.328 e. The van der Waals surface area contributed by atoms with Crippen LogP contribution in [0.25, 0.3) is 22.5 Å². The summed E-state index contributed by atoms with van der Waals surface area (Å²) in [5.74, 6) is 1.09. The molecule has 1 aromatic heterocycles. The maximum atomic E-state index is 4.97. The molecular weight excluding hydrogens is 364 g/mol. The van der Waals surface area contributed by atoms with Gasteiger partial charge >= 0.3 is 0 Å². The Bertz CT molecular complexity index is 1030. The number of benzene rings is 3. The molecule has 0 aliphatic carbocycles.